The van der Waals surface area contributed by atoms with Crippen LogP contribution in [0.1, 0.15) is 36.0 Å². The van der Waals surface area contributed by atoms with E-state index in [2.05, 4.69) is 21.4 Å². The number of rotatable bonds is 10. The maximum atomic E-state index is 11.8. The van der Waals surface area contributed by atoms with Crippen LogP contribution < -0.4 is 4.90 Å². The van der Waals surface area contributed by atoms with Gasteiger partial charge in [-0.1, -0.05) is 18.7 Å². The second kappa shape index (κ2) is 10.3. The minimum absolute atomic E-state index is 0.311. The summed E-state index contributed by atoms with van der Waals surface area (Å²) in [6, 6.07) is 5.14. The van der Waals surface area contributed by atoms with E-state index < -0.39 is 9.84 Å². The Bertz CT molecular complexity index is 1060. The van der Waals surface area contributed by atoms with Gasteiger partial charge in [0.2, 0.25) is 5.95 Å². The molecule has 2 aliphatic rings. The molecule has 33 heavy (non-hydrogen) atoms. The Kier molecular flexibility index (Phi) is 7.46. The van der Waals surface area contributed by atoms with Gasteiger partial charge in [-0.05, 0) is 60.3 Å². The highest BCUT2D eigenvalue weighted by atomic mass is 32.2. The minimum Gasteiger partial charge on any atom is -0.380 e. The number of anilines is 1. The molecule has 2 fully saturated rings. The van der Waals surface area contributed by atoms with E-state index in [9.17, 15) is 8.42 Å². The van der Waals surface area contributed by atoms with Gasteiger partial charge >= 0.3 is 0 Å². The molecule has 0 bridgehead atoms. The maximum Gasteiger partial charge on any atom is 0.225 e. The van der Waals surface area contributed by atoms with Crippen LogP contribution in [0.25, 0.3) is 6.08 Å². The second-order valence-corrected chi connectivity index (χ2v) is 11.2. The molecule has 8 heteroatoms. The molecular weight excluding hydrogens is 438 g/mol. The summed E-state index contributed by atoms with van der Waals surface area (Å²) in [5.74, 6) is 2.90. The third-order valence-electron chi connectivity index (χ3n) is 6.76. The Labute approximate surface area is 196 Å². The van der Waals surface area contributed by atoms with Crippen LogP contribution in [0.15, 0.2) is 42.1 Å². The molecule has 0 amide bonds. The first-order valence-electron chi connectivity index (χ1n) is 11.5. The zero-order valence-corrected chi connectivity index (χ0v) is 20.3. The zero-order valence-electron chi connectivity index (χ0n) is 19.4. The quantitative estimate of drug-likeness (QED) is 0.522. The molecule has 0 N–H and O–H groups in total. The molecule has 1 saturated heterocycles. The standard InChI is InChI=1S/C25H33N3O4S/c1-4-19-11-23(33(3,29)30)6-5-21(19)16-32-17-22-12-24(22)20-7-9-28(10-8-20)25-26-13-18(14-27-25)15-31-2/h4-6,11,13-14,20,22,24H,1,7-10,12,15-17H2,2-3H3. The molecule has 1 aromatic heterocycles. The Hall–Kier alpha value is -2.29. The van der Waals surface area contributed by atoms with Crippen molar-refractivity contribution in [2.75, 3.05) is 38.0 Å². The highest BCUT2D eigenvalue weighted by Gasteiger charge is 2.43. The summed E-state index contributed by atoms with van der Waals surface area (Å²) in [7, 11) is -1.55. The lowest BCUT2D eigenvalue weighted by atomic mass is 9.91. The van der Waals surface area contributed by atoms with Gasteiger partial charge in [0, 0.05) is 44.4 Å². The molecule has 2 unspecified atom stereocenters. The molecule has 7 nitrogen and oxygen atoms in total. The molecule has 2 aromatic rings. The van der Waals surface area contributed by atoms with Crippen molar-refractivity contribution in [2.24, 2.45) is 17.8 Å². The molecule has 2 atom stereocenters. The van der Waals surface area contributed by atoms with E-state index >= 15 is 0 Å². The molecule has 1 aromatic carbocycles. The van der Waals surface area contributed by atoms with Crippen LogP contribution >= 0.6 is 0 Å². The number of methoxy groups -OCH3 is 1. The molecule has 2 heterocycles. The van der Waals surface area contributed by atoms with Gasteiger partial charge in [0.25, 0.3) is 0 Å². The highest BCUT2D eigenvalue weighted by Crippen LogP contribution is 2.48. The van der Waals surface area contributed by atoms with Crippen molar-refractivity contribution in [3.05, 3.63) is 53.9 Å². The first-order valence-corrected chi connectivity index (χ1v) is 13.4. The van der Waals surface area contributed by atoms with Gasteiger partial charge in [0.05, 0.1) is 24.7 Å². The smallest absolute Gasteiger partial charge is 0.225 e. The Morgan fingerprint density at radius 2 is 1.91 bits per heavy atom. The molecule has 1 aliphatic carbocycles. The molecule has 4 rings (SSSR count). The average Bonchev–Trinajstić information content (AvgIpc) is 3.59. The summed E-state index contributed by atoms with van der Waals surface area (Å²) >= 11 is 0. The Morgan fingerprint density at radius 1 is 1.18 bits per heavy atom. The van der Waals surface area contributed by atoms with Crippen LogP contribution in [0.4, 0.5) is 5.95 Å². The molecule has 1 saturated carbocycles. The fourth-order valence-electron chi connectivity index (χ4n) is 4.77. The SMILES string of the molecule is C=Cc1cc(S(C)(=O)=O)ccc1COCC1CC1C1CCN(c2ncc(COC)cn2)CC1. The van der Waals surface area contributed by atoms with E-state index in [4.69, 9.17) is 9.47 Å². The summed E-state index contributed by atoms with van der Waals surface area (Å²) in [5, 5.41) is 0. The van der Waals surface area contributed by atoms with Gasteiger partial charge in [-0.25, -0.2) is 18.4 Å². The van der Waals surface area contributed by atoms with Crippen molar-refractivity contribution >= 4 is 21.9 Å². The lowest BCUT2D eigenvalue weighted by molar-refractivity contribution is 0.104. The number of ether oxygens (including phenoxy) is 2. The van der Waals surface area contributed by atoms with E-state index in [0.29, 0.717) is 24.0 Å². The van der Waals surface area contributed by atoms with Gasteiger partial charge in [0.1, 0.15) is 0 Å². The topological polar surface area (TPSA) is 81.6 Å². The number of aromatic nitrogens is 2. The normalized spacial score (nSPS) is 21.2. The highest BCUT2D eigenvalue weighted by molar-refractivity contribution is 7.90. The minimum atomic E-state index is -3.23. The van der Waals surface area contributed by atoms with E-state index in [1.54, 1.807) is 25.3 Å². The van der Waals surface area contributed by atoms with Crippen LogP contribution in [-0.2, 0) is 32.5 Å². The summed E-state index contributed by atoms with van der Waals surface area (Å²) in [6.07, 6.45) is 10.2. The summed E-state index contributed by atoms with van der Waals surface area (Å²) in [5.41, 5.74) is 2.78. The summed E-state index contributed by atoms with van der Waals surface area (Å²) in [6.45, 7) is 7.56. The van der Waals surface area contributed by atoms with Crippen molar-refractivity contribution in [1.29, 1.82) is 0 Å². The van der Waals surface area contributed by atoms with E-state index in [0.717, 1.165) is 67.0 Å². The van der Waals surface area contributed by atoms with Crippen LogP contribution in [0, 0.1) is 17.8 Å². The fraction of sp³-hybridized carbons (Fsp3) is 0.520. The third-order valence-corrected chi connectivity index (χ3v) is 7.87. The number of hydrogen-bond donors (Lipinski definition) is 0. The number of piperidine rings is 1. The average molecular weight is 472 g/mol. The predicted octanol–water partition coefficient (Wildman–Crippen LogP) is 3.74. The Morgan fingerprint density at radius 3 is 2.55 bits per heavy atom. The third kappa shape index (κ3) is 5.99. The fourth-order valence-corrected chi connectivity index (χ4v) is 5.42. The van der Waals surface area contributed by atoms with E-state index in [1.165, 1.54) is 12.7 Å². The van der Waals surface area contributed by atoms with Crippen molar-refractivity contribution in [3.63, 3.8) is 0 Å². The van der Waals surface area contributed by atoms with E-state index in [1.807, 2.05) is 18.5 Å². The number of sulfone groups is 1. The lowest BCUT2D eigenvalue weighted by Gasteiger charge is -2.32. The van der Waals surface area contributed by atoms with Crippen LogP contribution in [-0.4, -0.2) is 51.4 Å². The predicted molar refractivity (Wildman–Crippen MR) is 129 cm³/mol. The van der Waals surface area contributed by atoms with Crippen molar-refractivity contribution in [2.45, 2.75) is 37.4 Å². The largest absolute Gasteiger partial charge is 0.380 e. The van der Waals surface area contributed by atoms with Gasteiger partial charge in [0.15, 0.2) is 9.84 Å². The van der Waals surface area contributed by atoms with Gasteiger partial charge < -0.3 is 14.4 Å². The van der Waals surface area contributed by atoms with Crippen LogP contribution in [0.5, 0.6) is 0 Å². The number of benzene rings is 1. The van der Waals surface area contributed by atoms with Crippen LogP contribution in [0.2, 0.25) is 0 Å². The lowest BCUT2D eigenvalue weighted by Crippen LogP contribution is -2.35. The van der Waals surface area contributed by atoms with E-state index in [-0.39, 0.29) is 0 Å². The number of nitrogens with zero attached hydrogens (tertiary/aromatic N) is 3. The zero-order chi connectivity index (χ0) is 23.4. The Balaban J connectivity index is 1.21. The van der Waals surface area contributed by atoms with Crippen molar-refractivity contribution in [3.8, 4) is 0 Å². The van der Waals surface area contributed by atoms with Crippen molar-refractivity contribution in [1.82, 2.24) is 9.97 Å². The van der Waals surface area contributed by atoms with Crippen LogP contribution in [0.3, 0.4) is 0 Å². The molecule has 1 aliphatic heterocycles. The number of hydrogen-bond acceptors (Lipinski definition) is 7. The summed E-state index contributed by atoms with van der Waals surface area (Å²) in [4.78, 5) is 11.6. The van der Waals surface area contributed by atoms with Gasteiger partial charge in [-0.15, -0.1) is 0 Å². The monoisotopic (exact) mass is 471 g/mol. The molecule has 0 spiro atoms. The first-order chi connectivity index (χ1) is 15.9. The molecule has 178 valence electrons. The molecule has 0 radical (unpaired) electrons. The summed E-state index contributed by atoms with van der Waals surface area (Å²) < 4.78 is 34.7. The second-order valence-electron chi connectivity index (χ2n) is 9.16. The van der Waals surface area contributed by atoms with Crippen molar-refractivity contribution < 1.29 is 17.9 Å². The first kappa shape index (κ1) is 23.9. The van der Waals surface area contributed by atoms with Gasteiger partial charge in [-0.3, -0.25) is 0 Å². The molecular formula is C25H33N3O4S. The van der Waals surface area contributed by atoms with Gasteiger partial charge in [-0.2, -0.15) is 0 Å². The maximum absolute atomic E-state index is 11.8.